The average molecular weight is 821 g/mol. The molecule has 4 aromatic carbocycles. The molecule has 0 fully saturated rings. The second-order valence-corrected chi connectivity index (χ2v) is 17.0. The van der Waals surface area contributed by atoms with Crippen LogP contribution in [0.15, 0.2) is 113 Å². The number of carbonyl (C=O) groups is 2. The zero-order valence-corrected chi connectivity index (χ0v) is 34.5. The highest BCUT2D eigenvalue weighted by Crippen LogP contribution is 2.33. The number of aromatic nitrogens is 6. The first-order chi connectivity index (χ1) is 29.0. The summed E-state index contributed by atoms with van der Waals surface area (Å²) in [5, 5.41) is 9.77. The van der Waals surface area contributed by atoms with Gasteiger partial charge in [-0.2, -0.15) is 0 Å². The highest BCUT2D eigenvalue weighted by Gasteiger charge is 2.38. The van der Waals surface area contributed by atoms with Crippen LogP contribution < -0.4 is 21.8 Å². The van der Waals surface area contributed by atoms with Gasteiger partial charge in [-0.25, -0.2) is 9.97 Å². The van der Waals surface area contributed by atoms with E-state index in [9.17, 15) is 19.2 Å². The van der Waals surface area contributed by atoms with Crippen LogP contribution in [0.2, 0.25) is 5.02 Å². The molecule has 0 unspecified atom stereocenters. The van der Waals surface area contributed by atoms with Gasteiger partial charge < -0.3 is 20.6 Å². The number of aromatic amines is 2. The van der Waals surface area contributed by atoms with E-state index in [4.69, 9.17) is 21.6 Å². The van der Waals surface area contributed by atoms with Gasteiger partial charge in [0.15, 0.2) is 0 Å². The standard InChI is InChI=1S/C24H23ClN4O2.C23H22N4O2/c1-13(2)9-20-22-27-19-8-7-15(25)11-17(19)24(31)29(22)21(23(30)28-20)10-14-12-26-18-6-4-3-5-16(14)18;1-13(2)20-21-25-18-10-6-4-8-16(18)23(29)27(21)19(22(28)26-20)11-14-12-24-17-9-5-3-7-15(14)17/h3-8,11-13,20-21,26H,9-10H2,1-2H3,(H,28,30);3-10,12-13,19-20,24H,11H2,1-2H3,(H,26,28)/t20-,21+;19-,20-/m00/s1. The second kappa shape index (κ2) is 15.6. The van der Waals surface area contributed by atoms with Crippen LogP contribution in [0.3, 0.4) is 0 Å². The number of hydrogen-bond acceptors (Lipinski definition) is 6. The van der Waals surface area contributed by atoms with Crippen molar-refractivity contribution in [3.8, 4) is 0 Å². The van der Waals surface area contributed by atoms with Crippen LogP contribution >= 0.6 is 11.6 Å². The van der Waals surface area contributed by atoms with Crippen LogP contribution in [0.25, 0.3) is 43.6 Å². The normalized spacial score (nSPS) is 18.7. The maximum Gasteiger partial charge on any atom is 0.262 e. The predicted molar refractivity (Wildman–Crippen MR) is 235 cm³/mol. The molecule has 0 bridgehead atoms. The SMILES string of the molecule is CC(C)C[C@@H]1NC(=O)[C@@H](Cc2c[nH]c3ccccc23)n2c1nc1ccc(Cl)cc1c2=O.CC(C)[C@@H]1NC(=O)[C@H](Cc2c[nH]c3ccccc23)n2c1nc1ccccc1c2=O. The van der Waals surface area contributed by atoms with E-state index in [-0.39, 0.29) is 40.9 Å². The Balaban J connectivity index is 0.000000154. The number of H-pyrrole nitrogens is 2. The van der Waals surface area contributed by atoms with Gasteiger partial charge in [0.25, 0.3) is 11.1 Å². The molecule has 304 valence electrons. The van der Waals surface area contributed by atoms with E-state index in [2.05, 4.69) is 34.4 Å². The van der Waals surface area contributed by atoms with Crippen LogP contribution in [-0.2, 0) is 22.4 Å². The number of benzene rings is 4. The molecule has 60 heavy (non-hydrogen) atoms. The Morgan fingerprint density at radius 1 is 0.617 bits per heavy atom. The van der Waals surface area contributed by atoms with Crippen molar-refractivity contribution in [1.82, 2.24) is 39.7 Å². The smallest absolute Gasteiger partial charge is 0.262 e. The highest BCUT2D eigenvalue weighted by molar-refractivity contribution is 6.31. The summed E-state index contributed by atoms with van der Waals surface area (Å²) in [6, 6.07) is 26.5. The maximum atomic E-state index is 13.6. The number of nitrogens with one attached hydrogen (secondary N) is 4. The van der Waals surface area contributed by atoms with E-state index in [0.29, 0.717) is 63.7 Å². The third-order valence-electron chi connectivity index (χ3n) is 11.7. The first-order valence-corrected chi connectivity index (χ1v) is 20.8. The topological polar surface area (TPSA) is 160 Å². The Hall–Kier alpha value is -6.53. The van der Waals surface area contributed by atoms with Crippen molar-refractivity contribution >= 4 is 67.0 Å². The van der Waals surface area contributed by atoms with E-state index in [1.807, 2.05) is 93.0 Å². The van der Waals surface area contributed by atoms with E-state index >= 15 is 0 Å². The fraction of sp³-hybridized carbons (Fsp3) is 0.277. The summed E-state index contributed by atoms with van der Waals surface area (Å²) in [4.78, 5) is 69.5. The van der Waals surface area contributed by atoms with Gasteiger partial charge in [0.05, 0.1) is 33.9 Å². The third kappa shape index (κ3) is 6.94. The van der Waals surface area contributed by atoms with Gasteiger partial charge in [0.2, 0.25) is 11.8 Å². The van der Waals surface area contributed by atoms with Gasteiger partial charge in [0, 0.05) is 52.1 Å². The number of halogens is 1. The van der Waals surface area contributed by atoms with Crippen LogP contribution in [0.1, 0.15) is 81.1 Å². The first kappa shape index (κ1) is 39.0. The fourth-order valence-corrected chi connectivity index (χ4v) is 8.96. The van der Waals surface area contributed by atoms with E-state index in [1.165, 1.54) is 0 Å². The fourth-order valence-electron chi connectivity index (χ4n) is 8.79. The quantitative estimate of drug-likeness (QED) is 0.128. The molecule has 2 aliphatic rings. The van der Waals surface area contributed by atoms with Gasteiger partial charge >= 0.3 is 0 Å². The summed E-state index contributed by atoms with van der Waals surface area (Å²) in [6.07, 6.45) is 5.36. The molecule has 4 N–H and O–H groups in total. The molecule has 0 radical (unpaired) electrons. The molecule has 4 aromatic heterocycles. The monoisotopic (exact) mass is 820 g/mol. The lowest BCUT2D eigenvalue weighted by atomic mass is 9.96. The summed E-state index contributed by atoms with van der Waals surface area (Å²) >= 11 is 6.16. The molecular formula is C47H45ClN8O4. The number of nitrogens with zero attached hydrogens (tertiary/aromatic N) is 4. The minimum atomic E-state index is -0.680. The van der Waals surface area contributed by atoms with Crippen LogP contribution in [0.4, 0.5) is 0 Å². The molecule has 8 aromatic rings. The van der Waals surface area contributed by atoms with Gasteiger partial charge in [-0.1, -0.05) is 87.8 Å². The maximum absolute atomic E-state index is 13.6. The molecule has 0 spiro atoms. The van der Waals surface area contributed by atoms with Crippen LogP contribution in [-0.4, -0.2) is 40.9 Å². The van der Waals surface area contributed by atoms with Gasteiger partial charge in [-0.15, -0.1) is 0 Å². The lowest BCUT2D eigenvalue weighted by Crippen LogP contribution is -2.49. The number of carbonyl (C=O) groups excluding carboxylic acids is 2. The zero-order chi connectivity index (χ0) is 41.8. The van der Waals surface area contributed by atoms with Crippen molar-refractivity contribution in [2.45, 2.75) is 71.1 Å². The molecule has 2 aliphatic heterocycles. The number of fused-ring (bicyclic) bond motifs is 6. The minimum absolute atomic E-state index is 0.118. The van der Waals surface area contributed by atoms with E-state index in [1.54, 1.807) is 33.4 Å². The van der Waals surface area contributed by atoms with E-state index < -0.39 is 12.1 Å². The predicted octanol–water partition coefficient (Wildman–Crippen LogP) is 8.02. The third-order valence-corrected chi connectivity index (χ3v) is 11.9. The molecule has 4 atom stereocenters. The van der Waals surface area contributed by atoms with Crippen LogP contribution in [0.5, 0.6) is 0 Å². The lowest BCUT2D eigenvalue weighted by molar-refractivity contribution is -0.127. The molecule has 12 nitrogen and oxygen atoms in total. The van der Waals surface area contributed by atoms with Crippen molar-refractivity contribution in [3.05, 3.63) is 152 Å². The van der Waals surface area contributed by atoms with Gasteiger partial charge in [-0.3, -0.25) is 28.3 Å². The molecule has 6 heterocycles. The highest BCUT2D eigenvalue weighted by atomic mass is 35.5. The summed E-state index contributed by atoms with van der Waals surface area (Å²) < 4.78 is 3.21. The Morgan fingerprint density at radius 3 is 1.75 bits per heavy atom. The summed E-state index contributed by atoms with van der Waals surface area (Å²) in [5.74, 6) is 1.40. The number of amides is 2. The number of rotatable bonds is 7. The Morgan fingerprint density at radius 2 is 1.13 bits per heavy atom. The summed E-state index contributed by atoms with van der Waals surface area (Å²) in [6.45, 7) is 8.23. The molecule has 0 saturated carbocycles. The van der Waals surface area contributed by atoms with Crippen LogP contribution in [0, 0.1) is 11.8 Å². The molecule has 10 rings (SSSR count). The lowest BCUT2D eigenvalue weighted by Gasteiger charge is -2.34. The average Bonchev–Trinajstić information content (AvgIpc) is 3.84. The minimum Gasteiger partial charge on any atom is -0.361 e. The molecule has 2 amide bonds. The largest absolute Gasteiger partial charge is 0.361 e. The zero-order valence-electron chi connectivity index (χ0n) is 33.7. The Bertz CT molecular complexity index is 3090. The Kier molecular flexibility index (Phi) is 10.1. The van der Waals surface area contributed by atoms with Gasteiger partial charge in [-0.05, 0) is 71.8 Å². The number of hydrogen-bond donors (Lipinski definition) is 4. The molecular weight excluding hydrogens is 776 g/mol. The molecule has 13 heteroatoms. The van der Waals surface area contributed by atoms with Crippen molar-refractivity contribution in [2.75, 3.05) is 0 Å². The first-order valence-electron chi connectivity index (χ1n) is 20.4. The summed E-state index contributed by atoms with van der Waals surface area (Å²) in [7, 11) is 0. The Labute approximate surface area is 350 Å². The number of para-hydroxylation sites is 3. The molecule has 0 saturated heterocycles. The van der Waals surface area contributed by atoms with Crippen molar-refractivity contribution in [2.24, 2.45) is 11.8 Å². The second-order valence-electron chi connectivity index (χ2n) is 16.5. The van der Waals surface area contributed by atoms with Crippen molar-refractivity contribution in [1.29, 1.82) is 0 Å². The molecule has 0 aliphatic carbocycles. The van der Waals surface area contributed by atoms with Crippen molar-refractivity contribution < 1.29 is 9.59 Å². The summed E-state index contributed by atoms with van der Waals surface area (Å²) in [5.41, 5.74) is 4.89. The van der Waals surface area contributed by atoms with E-state index in [0.717, 1.165) is 32.9 Å². The van der Waals surface area contributed by atoms with Gasteiger partial charge in [0.1, 0.15) is 23.7 Å². The van der Waals surface area contributed by atoms with Crippen molar-refractivity contribution in [3.63, 3.8) is 0 Å².